The van der Waals surface area contributed by atoms with E-state index in [1.165, 1.54) is 0 Å². The van der Waals surface area contributed by atoms with Crippen molar-refractivity contribution in [1.82, 2.24) is 15.1 Å². The molecule has 0 bridgehead atoms. The van der Waals surface area contributed by atoms with E-state index in [1.54, 1.807) is 16.9 Å². The van der Waals surface area contributed by atoms with Gasteiger partial charge in [-0.1, -0.05) is 18.2 Å². The van der Waals surface area contributed by atoms with Crippen LogP contribution in [0.4, 0.5) is 5.82 Å². The number of morpholine rings is 1. The maximum Gasteiger partial charge on any atom is 0.227 e. The van der Waals surface area contributed by atoms with Crippen molar-refractivity contribution in [3.63, 3.8) is 0 Å². The molecule has 116 valence electrons. The first-order chi connectivity index (χ1) is 10.7. The zero-order valence-electron chi connectivity index (χ0n) is 12.6. The fourth-order valence-corrected chi connectivity index (χ4v) is 2.56. The van der Waals surface area contributed by atoms with Crippen molar-refractivity contribution < 1.29 is 9.53 Å². The van der Waals surface area contributed by atoms with E-state index in [-0.39, 0.29) is 11.9 Å². The fourth-order valence-electron chi connectivity index (χ4n) is 2.56. The van der Waals surface area contributed by atoms with Crippen molar-refractivity contribution in [3.05, 3.63) is 42.1 Å². The topological polar surface area (TPSA) is 68.2 Å². The number of nitrogens with zero attached hydrogens (tertiary/aromatic N) is 2. The van der Waals surface area contributed by atoms with E-state index in [1.807, 2.05) is 31.2 Å². The van der Waals surface area contributed by atoms with Gasteiger partial charge in [0.25, 0.3) is 0 Å². The maximum absolute atomic E-state index is 12.2. The third-order valence-electron chi connectivity index (χ3n) is 3.68. The Kier molecular flexibility index (Phi) is 4.50. The number of hydrogen-bond acceptors (Lipinski definition) is 4. The summed E-state index contributed by atoms with van der Waals surface area (Å²) in [6.45, 7) is 4.09. The molecule has 1 aliphatic rings. The van der Waals surface area contributed by atoms with Gasteiger partial charge in [0.2, 0.25) is 5.91 Å². The number of carbonyl (C=O) groups is 1. The highest BCUT2D eigenvalue weighted by Gasteiger charge is 2.18. The van der Waals surface area contributed by atoms with Crippen LogP contribution in [-0.4, -0.2) is 41.5 Å². The Hall–Kier alpha value is -2.18. The number of aromatic nitrogens is 2. The van der Waals surface area contributed by atoms with Crippen molar-refractivity contribution in [2.24, 2.45) is 0 Å². The summed E-state index contributed by atoms with van der Waals surface area (Å²) < 4.78 is 7.11. The molecule has 2 heterocycles. The summed E-state index contributed by atoms with van der Waals surface area (Å²) in [5.74, 6) is 0.634. The number of aryl methyl sites for hydroxylation is 1. The Morgan fingerprint density at radius 1 is 1.45 bits per heavy atom. The number of ether oxygens (including phenoxy) is 1. The molecule has 1 aromatic carbocycles. The van der Waals surface area contributed by atoms with Gasteiger partial charge in [-0.2, -0.15) is 5.10 Å². The minimum atomic E-state index is -0.0432. The molecule has 6 heteroatoms. The minimum absolute atomic E-state index is 0.0432. The van der Waals surface area contributed by atoms with Crippen molar-refractivity contribution in [2.75, 3.05) is 25.1 Å². The highest BCUT2D eigenvalue weighted by Crippen LogP contribution is 2.18. The molecule has 1 aliphatic heterocycles. The van der Waals surface area contributed by atoms with E-state index in [0.29, 0.717) is 25.5 Å². The van der Waals surface area contributed by atoms with Crippen LogP contribution in [0.25, 0.3) is 5.69 Å². The fraction of sp³-hybridized carbons (Fsp3) is 0.375. The zero-order valence-corrected chi connectivity index (χ0v) is 12.6. The van der Waals surface area contributed by atoms with Gasteiger partial charge in [-0.3, -0.25) is 4.79 Å². The lowest BCUT2D eigenvalue weighted by Crippen LogP contribution is -2.43. The Labute approximate surface area is 129 Å². The molecule has 22 heavy (non-hydrogen) atoms. The lowest BCUT2D eigenvalue weighted by molar-refractivity contribution is -0.117. The molecule has 1 aromatic heterocycles. The summed E-state index contributed by atoms with van der Waals surface area (Å²) >= 11 is 0. The maximum atomic E-state index is 12.2. The summed E-state index contributed by atoms with van der Waals surface area (Å²) in [6, 6.07) is 9.81. The second kappa shape index (κ2) is 6.72. The second-order valence-electron chi connectivity index (χ2n) is 5.39. The summed E-state index contributed by atoms with van der Waals surface area (Å²) in [5, 5.41) is 10.5. The molecule has 1 atom stereocenters. The van der Waals surface area contributed by atoms with Crippen LogP contribution in [-0.2, 0) is 9.53 Å². The molecule has 1 saturated heterocycles. The van der Waals surface area contributed by atoms with Gasteiger partial charge in [0.15, 0.2) is 0 Å². The molecule has 0 aliphatic carbocycles. The largest absolute Gasteiger partial charge is 0.378 e. The monoisotopic (exact) mass is 300 g/mol. The first kappa shape index (κ1) is 14.7. The van der Waals surface area contributed by atoms with Crippen LogP contribution < -0.4 is 10.6 Å². The molecule has 6 nitrogen and oxygen atoms in total. The molecule has 2 aromatic rings. The molecule has 1 unspecified atom stereocenters. The molecular formula is C16H20N4O2. The van der Waals surface area contributed by atoms with Gasteiger partial charge in [0, 0.05) is 25.1 Å². The van der Waals surface area contributed by atoms with Crippen LogP contribution in [0.2, 0.25) is 0 Å². The Morgan fingerprint density at radius 3 is 3.09 bits per heavy atom. The first-order valence-corrected chi connectivity index (χ1v) is 7.45. The third-order valence-corrected chi connectivity index (χ3v) is 3.68. The molecule has 0 spiro atoms. The number of amides is 1. The van der Waals surface area contributed by atoms with Crippen LogP contribution >= 0.6 is 0 Å². The van der Waals surface area contributed by atoms with Gasteiger partial charge in [-0.05, 0) is 18.6 Å². The van der Waals surface area contributed by atoms with Gasteiger partial charge in [-0.25, -0.2) is 4.68 Å². The van der Waals surface area contributed by atoms with Crippen molar-refractivity contribution in [1.29, 1.82) is 0 Å². The third kappa shape index (κ3) is 3.35. The highest BCUT2D eigenvalue weighted by atomic mass is 16.5. The Bertz CT molecular complexity index is 647. The predicted molar refractivity (Wildman–Crippen MR) is 84.2 cm³/mol. The SMILES string of the molecule is Cc1ccccc1-n1nccc1NC(=O)CC1COCCN1. The molecule has 0 radical (unpaired) electrons. The summed E-state index contributed by atoms with van der Waals surface area (Å²) in [4.78, 5) is 12.2. The quantitative estimate of drug-likeness (QED) is 0.898. The Morgan fingerprint density at radius 2 is 2.32 bits per heavy atom. The highest BCUT2D eigenvalue weighted by molar-refractivity contribution is 5.90. The van der Waals surface area contributed by atoms with E-state index in [4.69, 9.17) is 4.74 Å². The molecule has 1 fully saturated rings. The number of para-hydroxylation sites is 1. The average molecular weight is 300 g/mol. The second-order valence-corrected chi connectivity index (χ2v) is 5.39. The average Bonchev–Trinajstić information content (AvgIpc) is 2.96. The van der Waals surface area contributed by atoms with E-state index in [0.717, 1.165) is 17.8 Å². The van der Waals surface area contributed by atoms with Gasteiger partial charge in [0.05, 0.1) is 25.1 Å². The molecule has 1 amide bonds. The van der Waals surface area contributed by atoms with E-state index in [2.05, 4.69) is 15.7 Å². The summed E-state index contributed by atoms with van der Waals surface area (Å²) in [5.41, 5.74) is 2.06. The van der Waals surface area contributed by atoms with Gasteiger partial charge < -0.3 is 15.4 Å². The number of carbonyl (C=O) groups excluding carboxylic acids is 1. The van der Waals surface area contributed by atoms with Crippen LogP contribution in [0, 0.1) is 6.92 Å². The predicted octanol–water partition coefficient (Wildman–Crippen LogP) is 1.50. The van der Waals surface area contributed by atoms with E-state index in [9.17, 15) is 4.79 Å². The normalized spacial score (nSPS) is 18.1. The number of rotatable bonds is 4. The summed E-state index contributed by atoms with van der Waals surface area (Å²) in [6.07, 6.45) is 2.07. The van der Waals surface area contributed by atoms with Crippen LogP contribution in [0.15, 0.2) is 36.5 Å². The van der Waals surface area contributed by atoms with Gasteiger partial charge >= 0.3 is 0 Å². The number of nitrogens with one attached hydrogen (secondary N) is 2. The summed E-state index contributed by atoms with van der Waals surface area (Å²) in [7, 11) is 0. The zero-order chi connectivity index (χ0) is 15.4. The van der Waals surface area contributed by atoms with Gasteiger partial charge in [-0.15, -0.1) is 0 Å². The smallest absolute Gasteiger partial charge is 0.227 e. The number of anilines is 1. The van der Waals surface area contributed by atoms with Crippen molar-refractivity contribution in [3.8, 4) is 5.69 Å². The minimum Gasteiger partial charge on any atom is -0.378 e. The standard InChI is InChI=1S/C16H20N4O2/c1-12-4-2-3-5-14(12)20-15(6-7-18-20)19-16(21)10-13-11-22-9-8-17-13/h2-7,13,17H,8-11H2,1H3,(H,19,21). The van der Waals surface area contributed by atoms with Crippen molar-refractivity contribution >= 4 is 11.7 Å². The van der Waals surface area contributed by atoms with Crippen molar-refractivity contribution in [2.45, 2.75) is 19.4 Å². The molecule has 2 N–H and O–H groups in total. The molecule has 0 saturated carbocycles. The number of benzene rings is 1. The molecule has 3 rings (SSSR count). The van der Waals surface area contributed by atoms with E-state index >= 15 is 0 Å². The van der Waals surface area contributed by atoms with Gasteiger partial charge in [0.1, 0.15) is 5.82 Å². The van der Waals surface area contributed by atoms with E-state index < -0.39 is 0 Å². The Balaban J connectivity index is 1.70. The number of hydrogen-bond donors (Lipinski definition) is 2. The molecular weight excluding hydrogens is 280 g/mol. The first-order valence-electron chi connectivity index (χ1n) is 7.45. The lowest BCUT2D eigenvalue weighted by atomic mass is 10.2. The van der Waals surface area contributed by atoms with Crippen LogP contribution in [0.5, 0.6) is 0 Å². The lowest BCUT2D eigenvalue weighted by Gasteiger charge is -2.23. The van der Waals surface area contributed by atoms with Crippen LogP contribution in [0.3, 0.4) is 0 Å². The van der Waals surface area contributed by atoms with Crippen LogP contribution in [0.1, 0.15) is 12.0 Å².